The van der Waals surface area contributed by atoms with Crippen LogP contribution in [0.3, 0.4) is 0 Å². The molecule has 0 atom stereocenters. The van der Waals surface area contributed by atoms with Gasteiger partial charge in [-0.2, -0.15) is 0 Å². The molecule has 1 aromatic heterocycles. The molecule has 0 aliphatic heterocycles. The fraction of sp³-hybridized carbons (Fsp3) is 0.158. The summed E-state index contributed by atoms with van der Waals surface area (Å²) in [4.78, 5) is 24.2. The van der Waals surface area contributed by atoms with Crippen LogP contribution in [-0.4, -0.2) is 32.6 Å². The molecule has 0 saturated heterocycles. The molecule has 140 valence electrons. The highest BCUT2D eigenvalue weighted by atomic mass is 16.7. The minimum atomic E-state index is -1.64. The molecule has 0 fully saturated rings. The molecule has 1 heterocycles. The summed E-state index contributed by atoms with van der Waals surface area (Å²) in [7, 11) is 4.17. The van der Waals surface area contributed by atoms with E-state index in [1.54, 1.807) is 30.3 Å². The van der Waals surface area contributed by atoms with Crippen LogP contribution in [0.1, 0.15) is 0 Å². The average molecular weight is 372 g/mol. The summed E-state index contributed by atoms with van der Waals surface area (Å²) in [5.41, 5.74) is -0.108. The van der Waals surface area contributed by atoms with Gasteiger partial charge in [0.1, 0.15) is 11.0 Å². The van der Waals surface area contributed by atoms with Gasteiger partial charge in [0.2, 0.25) is 16.9 Å². The number of hydrogen-bond donors (Lipinski definition) is 1. The van der Waals surface area contributed by atoms with Crippen molar-refractivity contribution in [3.8, 4) is 34.3 Å². The van der Waals surface area contributed by atoms with Crippen molar-refractivity contribution in [3.63, 3.8) is 0 Å². The van der Waals surface area contributed by atoms with E-state index < -0.39 is 17.3 Å². The molecule has 27 heavy (non-hydrogen) atoms. The summed E-state index contributed by atoms with van der Waals surface area (Å²) in [6, 6.07) is 10.0. The minimum absolute atomic E-state index is 0.0221. The molecule has 0 unspecified atom stereocenters. The van der Waals surface area contributed by atoms with E-state index in [2.05, 4.69) is 0 Å². The predicted octanol–water partition coefficient (Wildman–Crippen LogP) is 3.54. The molecule has 0 spiro atoms. The first-order valence-corrected chi connectivity index (χ1v) is 7.77. The number of methoxy groups -OCH3 is 3. The number of rotatable bonds is 5. The molecule has 2 aromatic carbocycles. The highest BCUT2D eigenvalue weighted by Gasteiger charge is 2.26. The zero-order valence-corrected chi connectivity index (χ0v) is 14.8. The number of carbonyl (C=O) groups is 1. The van der Waals surface area contributed by atoms with E-state index in [0.717, 1.165) is 0 Å². The molecule has 0 aliphatic rings. The van der Waals surface area contributed by atoms with Crippen molar-refractivity contribution in [1.29, 1.82) is 0 Å². The lowest BCUT2D eigenvalue weighted by Crippen LogP contribution is -2.15. The lowest BCUT2D eigenvalue weighted by Gasteiger charge is -2.15. The Hall–Kier alpha value is -3.68. The van der Waals surface area contributed by atoms with Gasteiger partial charge in [0.05, 0.1) is 21.3 Å². The van der Waals surface area contributed by atoms with E-state index in [1.165, 1.54) is 27.4 Å². The third-order valence-corrected chi connectivity index (χ3v) is 3.87. The first-order chi connectivity index (χ1) is 13.0. The molecule has 0 saturated carbocycles. The van der Waals surface area contributed by atoms with Crippen molar-refractivity contribution in [3.05, 3.63) is 46.6 Å². The summed E-state index contributed by atoms with van der Waals surface area (Å²) < 4.78 is 26.4. The Morgan fingerprint density at radius 3 is 2.19 bits per heavy atom. The second kappa shape index (κ2) is 7.28. The van der Waals surface area contributed by atoms with Crippen LogP contribution in [0.25, 0.3) is 22.3 Å². The number of ether oxygens (including phenoxy) is 4. The van der Waals surface area contributed by atoms with Crippen LogP contribution in [0.5, 0.6) is 23.0 Å². The van der Waals surface area contributed by atoms with Gasteiger partial charge in [-0.05, 0) is 0 Å². The van der Waals surface area contributed by atoms with E-state index in [-0.39, 0.29) is 34.0 Å². The molecule has 3 aromatic rings. The van der Waals surface area contributed by atoms with E-state index in [0.29, 0.717) is 5.56 Å². The van der Waals surface area contributed by atoms with Crippen LogP contribution in [0.4, 0.5) is 4.79 Å². The molecule has 0 aliphatic carbocycles. The van der Waals surface area contributed by atoms with E-state index >= 15 is 0 Å². The Labute approximate surface area is 153 Å². The van der Waals surface area contributed by atoms with Gasteiger partial charge >= 0.3 is 6.16 Å². The van der Waals surface area contributed by atoms with E-state index in [1.807, 2.05) is 0 Å². The molecule has 8 nitrogen and oxygen atoms in total. The zero-order valence-electron chi connectivity index (χ0n) is 14.8. The lowest BCUT2D eigenvalue weighted by molar-refractivity contribution is 0.143. The normalized spacial score (nSPS) is 10.5. The molecule has 0 radical (unpaired) electrons. The van der Waals surface area contributed by atoms with Gasteiger partial charge in [-0.3, -0.25) is 4.79 Å². The van der Waals surface area contributed by atoms with E-state index in [9.17, 15) is 9.59 Å². The van der Waals surface area contributed by atoms with Crippen molar-refractivity contribution in [2.45, 2.75) is 0 Å². The van der Waals surface area contributed by atoms with Crippen LogP contribution < -0.4 is 24.4 Å². The third-order valence-electron chi connectivity index (χ3n) is 3.87. The maximum absolute atomic E-state index is 13.1. The predicted molar refractivity (Wildman–Crippen MR) is 96.2 cm³/mol. The molecule has 1 N–H and O–H groups in total. The summed E-state index contributed by atoms with van der Waals surface area (Å²) in [5, 5.41) is 9.04. The fourth-order valence-corrected chi connectivity index (χ4v) is 2.76. The summed E-state index contributed by atoms with van der Waals surface area (Å²) in [6.07, 6.45) is -1.64. The Morgan fingerprint density at radius 1 is 0.963 bits per heavy atom. The van der Waals surface area contributed by atoms with Gasteiger partial charge in [0.25, 0.3) is 0 Å². The first-order valence-electron chi connectivity index (χ1n) is 7.77. The van der Waals surface area contributed by atoms with Gasteiger partial charge in [-0.25, -0.2) is 4.79 Å². The summed E-state index contributed by atoms with van der Waals surface area (Å²) in [5.74, 6) is 0.0244. The number of hydrogen-bond acceptors (Lipinski definition) is 7. The van der Waals surface area contributed by atoms with Crippen LogP contribution in [0, 0.1) is 0 Å². The second-order valence-electron chi connectivity index (χ2n) is 5.34. The van der Waals surface area contributed by atoms with Crippen molar-refractivity contribution in [2.24, 2.45) is 0 Å². The topological polar surface area (TPSA) is 104 Å². The first kappa shape index (κ1) is 18.1. The molecular formula is C19H16O8. The fourth-order valence-electron chi connectivity index (χ4n) is 2.76. The van der Waals surface area contributed by atoms with Crippen LogP contribution >= 0.6 is 0 Å². The number of carboxylic acid groups (broad SMARTS) is 1. The molecule has 3 rings (SSSR count). The highest BCUT2D eigenvalue weighted by molar-refractivity contribution is 5.92. The monoisotopic (exact) mass is 372 g/mol. The van der Waals surface area contributed by atoms with Crippen molar-refractivity contribution < 1.29 is 33.3 Å². The Kier molecular flexibility index (Phi) is 4.89. The summed E-state index contributed by atoms with van der Waals surface area (Å²) >= 11 is 0. The van der Waals surface area contributed by atoms with Gasteiger partial charge < -0.3 is 28.5 Å². The van der Waals surface area contributed by atoms with Gasteiger partial charge in [0, 0.05) is 11.6 Å². The Morgan fingerprint density at radius 2 is 1.63 bits per heavy atom. The minimum Gasteiger partial charge on any atom is -0.493 e. The smallest absolute Gasteiger partial charge is 0.493 e. The Bertz CT molecular complexity index is 1050. The van der Waals surface area contributed by atoms with Crippen molar-refractivity contribution >= 4 is 17.1 Å². The summed E-state index contributed by atoms with van der Waals surface area (Å²) in [6.45, 7) is 0. The quantitative estimate of drug-likeness (QED) is 0.678. The lowest BCUT2D eigenvalue weighted by atomic mass is 10.1. The van der Waals surface area contributed by atoms with Crippen LogP contribution in [0.2, 0.25) is 0 Å². The van der Waals surface area contributed by atoms with Crippen molar-refractivity contribution in [2.75, 3.05) is 21.3 Å². The SMILES string of the molecule is COc1cc2oc(-c3ccccc3)c(OC(=O)O)c(=O)c2c(OC)c1OC. The van der Waals surface area contributed by atoms with E-state index in [4.69, 9.17) is 28.5 Å². The van der Waals surface area contributed by atoms with Crippen molar-refractivity contribution in [1.82, 2.24) is 0 Å². The van der Waals surface area contributed by atoms with Gasteiger partial charge in [0.15, 0.2) is 17.3 Å². The number of fused-ring (bicyclic) bond motifs is 1. The molecule has 8 heteroatoms. The molecule has 0 amide bonds. The second-order valence-corrected chi connectivity index (χ2v) is 5.34. The van der Waals surface area contributed by atoms with Crippen LogP contribution in [0.15, 0.2) is 45.6 Å². The number of benzene rings is 2. The Balaban J connectivity index is 2.47. The maximum Gasteiger partial charge on any atom is 0.511 e. The van der Waals surface area contributed by atoms with Gasteiger partial charge in [-0.1, -0.05) is 30.3 Å². The molecular weight excluding hydrogens is 356 g/mol. The zero-order chi connectivity index (χ0) is 19.6. The standard InChI is InChI=1S/C19H16O8/c1-23-12-9-11-13(17(25-3)16(12)24-2)14(20)18(27-19(21)22)15(26-11)10-7-5-4-6-8-10/h4-9H,1-3H3,(H,21,22). The van der Waals surface area contributed by atoms with Crippen LogP contribution in [-0.2, 0) is 0 Å². The average Bonchev–Trinajstić information content (AvgIpc) is 2.68. The molecule has 0 bridgehead atoms. The third kappa shape index (κ3) is 3.12. The maximum atomic E-state index is 13.1. The highest BCUT2D eigenvalue weighted by Crippen LogP contribution is 2.44. The largest absolute Gasteiger partial charge is 0.511 e. The van der Waals surface area contributed by atoms with Gasteiger partial charge in [-0.15, -0.1) is 0 Å².